The maximum Gasteiger partial charge on any atom is 0.255 e. The fourth-order valence-corrected chi connectivity index (χ4v) is 1.42. The first-order valence-corrected chi connectivity index (χ1v) is 5.81. The van der Waals surface area contributed by atoms with Gasteiger partial charge in [-0.1, -0.05) is 12.1 Å². The molecule has 98 valence electrons. The molecule has 0 aliphatic heterocycles. The zero-order valence-electron chi connectivity index (χ0n) is 10.7. The van der Waals surface area contributed by atoms with Crippen molar-refractivity contribution in [2.45, 2.75) is 32.9 Å². The predicted molar refractivity (Wildman–Crippen MR) is 68.3 cm³/mol. The summed E-state index contributed by atoms with van der Waals surface area (Å²) in [6, 6.07) is 5.56. The van der Waals surface area contributed by atoms with E-state index in [0.29, 0.717) is 0 Å². The Bertz CT molecular complexity index is 444. The van der Waals surface area contributed by atoms with Crippen LogP contribution in [0.5, 0.6) is 5.75 Å². The molecule has 1 unspecified atom stereocenters. The lowest BCUT2D eigenvalue weighted by Crippen LogP contribution is -2.46. The van der Waals surface area contributed by atoms with Gasteiger partial charge < -0.3 is 15.7 Å². The number of phenolic OH excluding ortho intramolecular Hbond substituents is 1. The maximum absolute atomic E-state index is 11.8. The standard InChI is InChI=1S/C13H18N2O3/c1-8(2)14-12(17)9(3)15-13(18)10-6-4-5-7-11(10)16/h4-9,16H,1-3H3,(H,14,17)(H,15,18). The average molecular weight is 250 g/mol. The Morgan fingerprint density at radius 1 is 1.11 bits per heavy atom. The van der Waals surface area contributed by atoms with Crippen molar-refractivity contribution < 1.29 is 14.7 Å². The van der Waals surface area contributed by atoms with Crippen LogP contribution < -0.4 is 10.6 Å². The molecule has 0 aromatic heterocycles. The lowest BCUT2D eigenvalue weighted by molar-refractivity contribution is -0.123. The van der Waals surface area contributed by atoms with Gasteiger partial charge in [0.05, 0.1) is 5.56 Å². The van der Waals surface area contributed by atoms with E-state index in [0.717, 1.165) is 0 Å². The highest BCUT2D eigenvalue weighted by atomic mass is 16.3. The molecule has 0 saturated heterocycles. The van der Waals surface area contributed by atoms with Gasteiger partial charge in [0.15, 0.2) is 0 Å². The molecule has 18 heavy (non-hydrogen) atoms. The molecule has 1 atom stereocenters. The number of benzene rings is 1. The van der Waals surface area contributed by atoms with Gasteiger partial charge in [0.25, 0.3) is 5.91 Å². The first-order valence-electron chi connectivity index (χ1n) is 5.81. The van der Waals surface area contributed by atoms with E-state index in [1.54, 1.807) is 19.1 Å². The molecule has 0 aliphatic carbocycles. The van der Waals surface area contributed by atoms with Crippen LogP contribution in [-0.2, 0) is 4.79 Å². The van der Waals surface area contributed by atoms with Gasteiger partial charge in [0, 0.05) is 6.04 Å². The summed E-state index contributed by atoms with van der Waals surface area (Å²) in [6.45, 7) is 5.28. The SMILES string of the molecule is CC(C)NC(=O)C(C)NC(=O)c1ccccc1O. The van der Waals surface area contributed by atoms with Crippen LogP contribution in [0.3, 0.4) is 0 Å². The molecule has 0 spiro atoms. The monoisotopic (exact) mass is 250 g/mol. The van der Waals surface area contributed by atoms with E-state index in [2.05, 4.69) is 10.6 Å². The Labute approximate surface area is 106 Å². The Balaban J connectivity index is 2.65. The van der Waals surface area contributed by atoms with Crippen LogP contribution in [0.2, 0.25) is 0 Å². The molecule has 0 fully saturated rings. The zero-order valence-corrected chi connectivity index (χ0v) is 10.7. The van der Waals surface area contributed by atoms with Crippen molar-refractivity contribution in [3.63, 3.8) is 0 Å². The highest BCUT2D eigenvalue weighted by Crippen LogP contribution is 2.15. The second-order valence-corrected chi connectivity index (χ2v) is 4.38. The molecule has 1 aromatic rings. The predicted octanol–water partition coefficient (Wildman–Crippen LogP) is 1.04. The highest BCUT2D eigenvalue weighted by molar-refractivity contribution is 5.99. The number of nitrogens with one attached hydrogen (secondary N) is 2. The third kappa shape index (κ3) is 3.76. The molecule has 3 N–H and O–H groups in total. The van der Waals surface area contributed by atoms with Crippen LogP contribution in [0.4, 0.5) is 0 Å². The van der Waals surface area contributed by atoms with Crippen LogP contribution in [0.25, 0.3) is 0 Å². The van der Waals surface area contributed by atoms with Crippen molar-refractivity contribution in [1.82, 2.24) is 10.6 Å². The van der Waals surface area contributed by atoms with Crippen LogP contribution in [0.15, 0.2) is 24.3 Å². The largest absolute Gasteiger partial charge is 0.507 e. The molecule has 0 radical (unpaired) electrons. The molecule has 1 rings (SSSR count). The third-order valence-corrected chi connectivity index (χ3v) is 2.32. The van der Waals surface area contributed by atoms with Crippen LogP contribution in [0.1, 0.15) is 31.1 Å². The van der Waals surface area contributed by atoms with E-state index in [4.69, 9.17) is 0 Å². The van der Waals surface area contributed by atoms with Gasteiger partial charge in [-0.2, -0.15) is 0 Å². The average Bonchev–Trinajstić information content (AvgIpc) is 2.28. The molecule has 2 amide bonds. The second kappa shape index (κ2) is 6.05. The molecule has 0 saturated carbocycles. The molecule has 1 aromatic carbocycles. The van der Waals surface area contributed by atoms with Crippen molar-refractivity contribution in [3.8, 4) is 5.75 Å². The quantitative estimate of drug-likeness (QED) is 0.747. The van der Waals surface area contributed by atoms with E-state index in [1.165, 1.54) is 12.1 Å². The summed E-state index contributed by atoms with van der Waals surface area (Å²) in [5, 5.41) is 14.7. The maximum atomic E-state index is 11.8. The summed E-state index contributed by atoms with van der Waals surface area (Å²) in [5.74, 6) is -0.834. The Kier molecular flexibility index (Phi) is 4.71. The van der Waals surface area contributed by atoms with Gasteiger partial charge in [-0.15, -0.1) is 0 Å². The molecule has 0 heterocycles. The summed E-state index contributed by atoms with van der Waals surface area (Å²) < 4.78 is 0. The van der Waals surface area contributed by atoms with Gasteiger partial charge in [0.2, 0.25) is 5.91 Å². The molecule has 5 heteroatoms. The first-order chi connectivity index (χ1) is 8.41. The minimum absolute atomic E-state index is 0.0157. The van der Waals surface area contributed by atoms with E-state index in [9.17, 15) is 14.7 Å². The lowest BCUT2D eigenvalue weighted by atomic mass is 10.1. The topological polar surface area (TPSA) is 78.4 Å². The summed E-state index contributed by atoms with van der Waals surface area (Å²) >= 11 is 0. The van der Waals surface area contributed by atoms with Crippen molar-refractivity contribution in [1.29, 1.82) is 0 Å². The van der Waals surface area contributed by atoms with E-state index < -0.39 is 11.9 Å². The zero-order chi connectivity index (χ0) is 13.7. The lowest BCUT2D eigenvalue weighted by Gasteiger charge is -2.16. The summed E-state index contributed by atoms with van der Waals surface area (Å²) in [5.41, 5.74) is 0.154. The number of hydrogen-bond acceptors (Lipinski definition) is 3. The van der Waals surface area contributed by atoms with Crippen molar-refractivity contribution >= 4 is 11.8 Å². The van der Waals surface area contributed by atoms with Gasteiger partial charge in [0.1, 0.15) is 11.8 Å². The van der Waals surface area contributed by atoms with Crippen molar-refractivity contribution in [2.75, 3.05) is 0 Å². The van der Waals surface area contributed by atoms with Crippen LogP contribution in [0, 0.1) is 0 Å². The van der Waals surface area contributed by atoms with Crippen LogP contribution in [-0.4, -0.2) is 29.0 Å². The molecular formula is C13H18N2O3. The Morgan fingerprint density at radius 2 is 1.72 bits per heavy atom. The van der Waals surface area contributed by atoms with Crippen molar-refractivity contribution in [3.05, 3.63) is 29.8 Å². The van der Waals surface area contributed by atoms with E-state index >= 15 is 0 Å². The first kappa shape index (κ1) is 14.0. The summed E-state index contributed by atoms with van der Waals surface area (Å²) in [7, 11) is 0. The van der Waals surface area contributed by atoms with Gasteiger partial charge in [-0.25, -0.2) is 0 Å². The van der Waals surface area contributed by atoms with Crippen molar-refractivity contribution in [2.24, 2.45) is 0 Å². The van der Waals surface area contributed by atoms with Gasteiger partial charge in [-0.05, 0) is 32.9 Å². The number of phenols is 1. The number of para-hydroxylation sites is 1. The van der Waals surface area contributed by atoms with E-state index in [1.807, 2.05) is 13.8 Å². The Morgan fingerprint density at radius 3 is 2.28 bits per heavy atom. The minimum atomic E-state index is -0.653. The van der Waals surface area contributed by atoms with Crippen LogP contribution >= 0.6 is 0 Å². The number of hydrogen-bond donors (Lipinski definition) is 3. The number of carbonyl (C=O) groups excluding carboxylic acids is 2. The fraction of sp³-hybridized carbons (Fsp3) is 0.385. The third-order valence-electron chi connectivity index (χ3n) is 2.32. The molecular weight excluding hydrogens is 232 g/mol. The number of carbonyl (C=O) groups is 2. The number of rotatable bonds is 4. The normalized spacial score (nSPS) is 12.0. The fourth-order valence-electron chi connectivity index (χ4n) is 1.42. The number of aromatic hydroxyl groups is 1. The molecule has 0 aliphatic rings. The smallest absolute Gasteiger partial charge is 0.255 e. The summed E-state index contributed by atoms with van der Waals surface area (Å²) in [4.78, 5) is 23.4. The van der Waals surface area contributed by atoms with Gasteiger partial charge in [-0.3, -0.25) is 9.59 Å². The van der Waals surface area contributed by atoms with Gasteiger partial charge >= 0.3 is 0 Å². The Hall–Kier alpha value is -2.04. The minimum Gasteiger partial charge on any atom is -0.507 e. The highest BCUT2D eigenvalue weighted by Gasteiger charge is 2.18. The number of amides is 2. The second-order valence-electron chi connectivity index (χ2n) is 4.38. The van der Waals surface area contributed by atoms with E-state index in [-0.39, 0.29) is 23.3 Å². The molecule has 5 nitrogen and oxygen atoms in total. The molecule has 0 bridgehead atoms. The summed E-state index contributed by atoms with van der Waals surface area (Å²) in [6.07, 6.45) is 0.